The number of nitro groups is 1. The Morgan fingerprint density at radius 3 is 2.58 bits per heavy atom. The minimum absolute atomic E-state index is 0.0463. The number of anilines is 1. The van der Waals surface area contributed by atoms with Crippen LogP contribution in [0.5, 0.6) is 0 Å². The Morgan fingerprint density at radius 2 is 2.05 bits per heavy atom. The number of rotatable bonds is 4. The molecule has 0 aromatic heterocycles. The predicted molar refractivity (Wildman–Crippen MR) is 70.3 cm³/mol. The minimum atomic E-state index is -1.07. The van der Waals surface area contributed by atoms with Crippen molar-refractivity contribution >= 4 is 17.3 Å². The summed E-state index contributed by atoms with van der Waals surface area (Å²) in [5, 5.41) is 23.4. The highest BCUT2D eigenvalue weighted by molar-refractivity contribution is 5.84. The van der Waals surface area contributed by atoms with Crippen LogP contribution in [0.15, 0.2) is 18.2 Å². The summed E-state index contributed by atoms with van der Waals surface area (Å²) < 4.78 is 0. The van der Waals surface area contributed by atoms with Gasteiger partial charge in [-0.25, -0.2) is 4.79 Å². The van der Waals surface area contributed by atoms with Crippen LogP contribution in [-0.2, 0) is 4.79 Å². The Kier molecular flexibility index (Phi) is 3.42. The smallest absolute Gasteiger partial charge is 0.329 e. The zero-order valence-electron chi connectivity index (χ0n) is 10.7. The molecule has 1 aliphatic carbocycles. The molecule has 2 rings (SSSR count). The third kappa shape index (κ3) is 2.38. The van der Waals surface area contributed by atoms with Crippen LogP contribution in [0, 0.1) is 17.0 Å². The zero-order chi connectivity index (χ0) is 14.0. The van der Waals surface area contributed by atoms with Gasteiger partial charge in [0.1, 0.15) is 11.2 Å². The van der Waals surface area contributed by atoms with E-state index >= 15 is 0 Å². The lowest BCUT2D eigenvalue weighted by molar-refractivity contribution is -0.384. The number of aryl methyl sites for hydroxylation is 1. The van der Waals surface area contributed by atoms with E-state index in [0.29, 0.717) is 18.4 Å². The first kappa shape index (κ1) is 13.3. The van der Waals surface area contributed by atoms with Crippen LogP contribution in [0.1, 0.15) is 31.2 Å². The van der Waals surface area contributed by atoms with Gasteiger partial charge in [0.2, 0.25) is 0 Å². The van der Waals surface area contributed by atoms with E-state index in [1.807, 2.05) is 0 Å². The van der Waals surface area contributed by atoms with Crippen molar-refractivity contribution in [2.24, 2.45) is 0 Å². The zero-order valence-corrected chi connectivity index (χ0v) is 10.7. The van der Waals surface area contributed by atoms with Crippen molar-refractivity contribution in [2.75, 3.05) is 5.32 Å². The molecule has 6 nitrogen and oxygen atoms in total. The van der Waals surface area contributed by atoms with E-state index in [1.165, 1.54) is 0 Å². The number of nitrogens with one attached hydrogen (secondary N) is 1. The lowest BCUT2D eigenvalue weighted by Crippen LogP contribution is -2.43. The number of carboxylic acid groups (broad SMARTS) is 1. The molecule has 1 aromatic carbocycles. The molecule has 0 bridgehead atoms. The molecule has 102 valence electrons. The molecule has 6 heteroatoms. The maximum absolute atomic E-state index is 11.5. The van der Waals surface area contributed by atoms with Crippen molar-refractivity contribution in [3.05, 3.63) is 33.9 Å². The Balaban J connectivity index is 2.40. The molecule has 1 saturated carbocycles. The van der Waals surface area contributed by atoms with Crippen LogP contribution < -0.4 is 5.32 Å². The van der Waals surface area contributed by atoms with Gasteiger partial charge < -0.3 is 10.4 Å². The largest absolute Gasteiger partial charge is 0.480 e. The van der Waals surface area contributed by atoms with Crippen LogP contribution in [0.4, 0.5) is 11.4 Å². The lowest BCUT2D eigenvalue weighted by Gasteiger charge is -2.26. The van der Waals surface area contributed by atoms with Crippen LogP contribution in [-0.4, -0.2) is 21.5 Å². The molecule has 0 heterocycles. The minimum Gasteiger partial charge on any atom is -0.480 e. The first-order valence-corrected chi connectivity index (χ1v) is 6.22. The molecular weight excluding hydrogens is 248 g/mol. The van der Waals surface area contributed by atoms with Crippen LogP contribution in [0.2, 0.25) is 0 Å². The van der Waals surface area contributed by atoms with Gasteiger partial charge in [0, 0.05) is 5.56 Å². The summed E-state index contributed by atoms with van der Waals surface area (Å²) in [6.07, 6.45) is 2.62. The first-order chi connectivity index (χ1) is 8.96. The number of hydrogen-bond acceptors (Lipinski definition) is 4. The second kappa shape index (κ2) is 4.87. The third-order valence-electron chi connectivity index (χ3n) is 3.66. The standard InChI is InChI=1S/C13H16N2O4/c1-9-5-4-6-10(11(9)15(18)19)14-13(12(16)17)7-2-3-8-13/h4-6,14H,2-3,7-8H2,1H3,(H,16,17). The number of benzene rings is 1. The van der Waals surface area contributed by atoms with E-state index in [-0.39, 0.29) is 11.4 Å². The number of nitrogens with zero attached hydrogens (tertiary/aromatic N) is 1. The molecule has 0 saturated heterocycles. The Bertz CT molecular complexity index is 521. The van der Waals surface area contributed by atoms with Gasteiger partial charge in [0.05, 0.1) is 4.92 Å². The summed E-state index contributed by atoms with van der Waals surface area (Å²) in [4.78, 5) is 22.1. The van der Waals surface area contributed by atoms with Gasteiger partial charge in [0.15, 0.2) is 0 Å². The van der Waals surface area contributed by atoms with E-state index in [4.69, 9.17) is 0 Å². The average Bonchev–Trinajstić information content (AvgIpc) is 2.78. The van der Waals surface area contributed by atoms with Gasteiger partial charge in [0.25, 0.3) is 5.69 Å². The van der Waals surface area contributed by atoms with Crippen molar-refractivity contribution in [1.82, 2.24) is 0 Å². The fourth-order valence-corrected chi connectivity index (χ4v) is 2.63. The summed E-state index contributed by atoms with van der Waals surface area (Å²) in [7, 11) is 0. The van der Waals surface area contributed by atoms with Crippen molar-refractivity contribution < 1.29 is 14.8 Å². The molecule has 0 amide bonds. The van der Waals surface area contributed by atoms with Gasteiger partial charge in [-0.3, -0.25) is 10.1 Å². The molecule has 0 radical (unpaired) electrons. The number of aliphatic carboxylic acids is 1. The molecule has 1 aromatic rings. The number of carboxylic acids is 1. The first-order valence-electron chi connectivity index (χ1n) is 6.22. The molecule has 1 aliphatic rings. The van der Waals surface area contributed by atoms with Crippen molar-refractivity contribution in [2.45, 2.75) is 38.1 Å². The molecule has 0 atom stereocenters. The van der Waals surface area contributed by atoms with Gasteiger partial charge in [-0.2, -0.15) is 0 Å². The molecular formula is C13H16N2O4. The topological polar surface area (TPSA) is 92.5 Å². The molecule has 19 heavy (non-hydrogen) atoms. The second-order valence-electron chi connectivity index (χ2n) is 4.95. The fraction of sp³-hybridized carbons (Fsp3) is 0.462. The summed E-state index contributed by atoms with van der Waals surface area (Å²) in [6, 6.07) is 4.90. The van der Waals surface area contributed by atoms with Crippen molar-refractivity contribution in [3.63, 3.8) is 0 Å². The maximum Gasteiger partial charge on any atom is 0.329 e. The van der Waals surface area contributed by atoms with E-state index in [2.05, 4.69) is 5.32 Å². The summed E-state index contributed by atoms with van der Waals surface area (Å²) in [5.41, 5.74) is -0.309. The van der Waals surface area contributed by atoms with Gasteiger partial charge in [-0.15, -0.1) is 0 Å². The summed E-state index contributed by atoms with van der Waals surface area (Å²) in [5.74, 6) is -0.944. The third-order valence-corrected chi connectivity index (χ3v) is 3.66. The van der Waals surface area contributed by atoms with Crippen LogP contribution in [0.25, 0.3) is 0 Å². The monoisotopic (exact) mass is 264 g/mol. The number of para-hydroxylation sites is 1. The van der Waals surface area contributed by atoms with Crippen molar-refractivity contribution in [1.29, 1.82) is 0 Å². The van der Waals surface area contributed by atoms with E-state index in [1.54, 1.807) is 25.1 Å². The number of carbonyl (C=O) groups is 1. The van der Waals surface area contributed by atoms with E-state index < -0.39 is 16.4 Å². The highest BCUT2D eigenvalue weighted by Gasteiger charge is 2.42. The normalized spacial score (nSPS) is 17.1. The molecule has 0 spiro atoms. The average molecular weight is 264 g/mol. The van der Waals surface area contributed by atoms with Crippen LogP contribution in [0.3, 0.4) is 0 Å². The maximum atomic E-state index is 11.5. The lowest BCUT2D eigenvalue weighted by atomic mass is 9.97. The van der Waals surface area contributed by atoms with Gasteiger partial charge in [-0.05, 0) is 25.8 Å². The van der Waals surface area contributed by atoms with E-state index in [0.717, 1.165) is 12.8 Å². The second-order valence-corrected chi connectivity index (χ2v) is 4.95. The number of nitro benzene ring substituents is 1. The highest BCUT2D eigenvalue weighted by atomic mass is 16.6. The Labute approximate surface area is 110 Å². The molecule has 0 aliphatic heterocycles. The molecule has 0 unspecified atom stereocenters. The van der Waals surface area contributed by atoms with Gasteiger partial charge >= 0.3 is 5.97 Å². The quantitative estimate of drug-likeness (QED) is 0.644. The van der Waals surface area contributed by atoms with Crippen molar-refractivity contribution in [3.8, 4) is 0 Å². The molecule has 1 fully saturated rings. The Morgan fingerprint density at radius 1 is 1.42 bits per heavy atom. The van der Waals surface area contributed by atoms with Gasteiger partial charge in [-0.1, -0.05) is 25.0 Å². The Hall–Kier alpha value is -2.11. The predicted octanol–water partition coefficient (Wildman–Crippen LogP) is 2.71. The molecule has 2 N–H and O–H groups in total. The SMILES string of the molecule is Cc1cccc(NC2(C(=O)O)CCCC2)c1[N+](=O)[O-]. The fourth-order valence-electron chi connectivity index (χ4n) is 2.63. The summed E-state index contributed by atoms with van der Waals surface area (Å²) >= 11 is 0. The number of hydrogen-bond donors (Lipinski definition) is 2. The van der Waals surface area contributed by atoms with E-state index in [9.17, 15) is 20.0 Å². The summed E-state index contributed by atoms with van der Waals surface area (Å²) in [6.45, 7) is 1.64. The van der Waals surface area contributed by atoms with Crippen LogP contribution >= 0.6 is 0 Å². The highest BCUT2D eigenvalue weighted by Crippen LogP contribution is 2.37.